The van der Waals surface area contributed by atoms with Gasteiger partial charge >= 0.3 is 0 Å². The second kappa shape index (κ2) is 11.6. The van der Waals surface area contributed by atoms with Gasteiger partial charge in [0.15, 0.2) is 11.5 Å². The smallest absolute Gasteiger partial charge is 0.263 e. The van der Waals surface area contributed by atoms with E-state index in [0.29, 0.717) is 47.2 Å². The first kappa shape index (κ1) is 24.4. The third-order valence-electron chi connectivity index (χ3n) is 5.22. The molecule has 3 aromatic carbocycles. The Morgan fingerprint density at radius 3 is 2.00 bits per heavy atom. The lowest BCUT2D eigenvalue weighted by molar-refractivity contribution is 0.0955. The standard InChI is InChI=1S/C26H28N2O6/c1-31-20-13-12-17(16-23(20)34-4)14-15-27-25(29)18-8-5-6-9-19(18)28-26(30)24-21(32-2)10-7-11-22(24)33-3/h5-13,16H,14-15H2,1-4H3,(H,27,29)(H,28,30). The largest absolute Gasteiger partial charge is 0.496 e. The second-order valence-electron chi connectivity index (χ2n) is 7.23. The Bertz CT molecular complexity index is 1140. The minimum absolute atomic E-state index is 0.246. The van der Waals surface area contributed by atoms with Crippen LogP contribution in [0.1, 0.15) is 26.3 Å². The van der Waals surface area contributed by atoms with Gasteiger partial charge in [0.05, 0.1) is 39.7 Å². The molecule has 0 radical (unpaired) electrons. The third-order valence-corrected chi connectivity index (χ3v) is 5.22. The highest BCUT2D eigenvalue weighted by atomic mass is 16.5. The molecule has 0 fully saturated rings. The fourth-order valence-electron chi connectivity index (χ4n) is 3.50. The van der Waals surface area contributed by atoms with E-state index in [0.717, 1.165) is 5.56 Å². The van der Waals surface area contributed by atoms with Crippen molar-refractivity contribution in [2.45, 2.75) is 6.42 Å². The highest BCUT2D eigenvalue weighted by Crippen LogP contribution is 2.30. The van der Waals surface area contributed by atoms with Gasteiger partial charge in [-0.25, -0.2) is 0 Å². The number of ether oxygens (including phenoxy) is 4. The van der Waals surface area contributed by atoms with Gasteiger partial charge in [0.2, 0.25) is 0 Å². The number of carbonyl (C=O) groups excluding carboxylic acids is 2. The fraction of sp³-hybridized carbons (Fsp3) is 0.231. The molecule has 2 amide bonds. The van der Waals surface area contributed by atoms with Gasteiger partial charge in [-0.2, -0.15) is 0 Å². The summed E-state index contributed by atoms with van der Waals surface area (Å²) >= 11 is 0. The van der Waals surface area contributed by atoms with Crippen LogP contribution in [0.4, 0.5) is 5.69 Å². The SMILES string of the molecule is COc1ccc(CCNC(=O)c2ccccc2NC(=O)c2c(OC)cccc2OC)cc1OC. The van der Waals surface area contributed by atoms with Gasteiger partial charge in [0.25, 0.3) is 11.8 Å². The molecule has 8 nitrogen and oxygen atoms in total. The molecule has 0 bridgehead atoms. The van der Waals surface area contributed by atoms with Crippen LogP contribution in [0.15, 0.2) is 60.7 Å². The van der Waals surface area contributed by atoms with E-state index in [2.05, 4.69) is 10.6 Å². The van der Waals surface area contributed by atoms with Crippen molar-refractivity contribution in [3.63, 3.8) is 0 Å². The Balaban J connectivity index is 1.71. The zero-order chi connectivity index (χ0) is 24.5. The lowest BCUT2D eigenvalue weighted by Gasteiger charge is -2.15. The van der Waals surface area contributed by atoms with Crippen molar-refractivity contribution in [2.75, 3.05) is 40.3 Å². The van der Waals surface area contributed by atoms with Crippen molar-refractivity contribution in [3.8, 4) is 23.0 Å². The summed E-state index contributed by atoms with van der Waals surface area (Å²) in [5.41, 5.74) is 1.96. The van der Waals surface area contributed by atoms with Crippen LogP contribution in [-0.4, -0.2) is 46.8 Å². The number of rotatable bonds is 10. The molecule has 3 aromatic rings. The van der Waals surface area contributed by atoms with Gasteiger partial charge in [-0.1, -0.05) is 24.3 Å². The molecule has 0 aliphatic rings. The first-order chi connectivity index (χ1) is 16.5. The van der Waals surface area contributed by atoms with Crippen LogP contribution in [0.25, 0.3) is 0 Å². The van der Waals surface area contributed by atoms with Gasteiger partial charge in [-0.3, -0.25) is 9.59 Å². The van der Waals surface area contributed by atoms with E-state index in [9.17, 15) is 9.59 Å². The Morgan fingerprint density at radius 1 is 0.706 bits per heavy atom. The summed E-state index contributed by atoms with van der Waals surface area (Å²) in [6.07, 6.45) is 0.596. The molecule has 0 spiro atoms. The summed E-state index contributed by atoms with van der Waals surface area (Å²) in [6, 6.07) is 17.5. The number of amides is 2. The van der Waals surface area contributed by atoms with Crippen molar-refractivity contribution in [2.24, 2.45) is 0 Å². The maximum atomic E-state index is 13.0. The molecule has 3 rings (SSSR count). The molecule has 178 valence electrons. The number of para-hydroxylation sites is 1. The topological polar surface area (TPSA) is 95.1 Å². The first-order valence-electron chi connectivity index (χ1n) is 10.6. The number of carbonyl (C=O) groups is 2. The van der Waals surface area contributed by atoms with Crippen LogP contribution in [0, 0.1) is 0 Å². The van der Waals surface area contributed by atoms with Crippen molar-refractivity contribution < 1.29 is 28.5 Å². The van der Waals surface area contributed by atoms with Gasteiger partial charge in [0.1, 0.15) is 17.1 Å². The lowest BCUT2D eigenvalue weighted by atomic mass is 10.1. The van der Waals surface area contributed by atoms with Crippen molar-refractivity contribution >= 4 is 17.5 Å². The quantitative estimate of drug-likeness (QED) is 0.472. The zero-order valence-corrected chi connectivity index (χ0v) is 19.6. The monoisotopic (exact) mass is 464 g/mol. The summed E-state index contributed by atoms with van der Waals surface area (Å²) in [4.78, 5) is 25.9. The first-order valence-corrected chi connectivity index (χ1v) is 10.6. The Morgan fingerprint density at radius 2 is 1.35 bits per heavy atom. The molecule has 0 aliphatic heterocycles. The molecule has 2 N–H and O–H groups in total. The van der Waals surface area contributed by atoms with E-state index < -0.39 is 5.91 Å². The number of benzene rings is 3. The van der Waals surface area contributed by atoms with Crippen LogP contribution in [0.3, 0.4) is 0 Å². The molecule has 0 saturated carbocycles. The summed E-state index contributed by atoms with van der Waals surface area (Å²) in [5.74, 6) is 1.27. The lowest BCUT2D eigenvalue weighted by Crippen LogP contribution is -2.27. The summed E-state index contributed by atoms with van der Waals surface area (Å²) in [5, 5.41) is 5.70. The zero-order valence-electron chi connectivity index (χ0n) is 19.6. The van der Waals surface area contributed by atoms with Gasteiger partial charge in [-0.15, -0.1) is 0 Å². The van der Waals surface area contributed by atoms with Crippen LogP contribution in [-0.2, 0) is 6.42 Å². The van der Waals surface area contributed by atoms with Crippen molar-refractivity contribution in [1.29, 1.82) is 0 Å². The van der Waals surface area contributed by atoms with Gasteiger partial charge in [-0.05, 0) is 48.4 Å². The normalized spacial score (nSPS) is 10.2. The average molecular weight is 465 g/mol. The number of hydrogen-bond acceptors (Lipinski definition) is 6. The molecule has 8 heteroatoms. The molecule has 0 atom stereocenters. The number of anilines is 1. The van der Waals surface area contributed by atoms with E-state index in [1.807, 2.05) is 18.2 Å². The number of hydrogen-bond donors (Lipinski definition) is 2. The molecule has 0 saturated heterocycles. The Kier molecular flexibility index (Phi) is 8.34. The second-order valence-corrected chi connectivity index (χ2v) is 7.23. The molecule has 0 heterocycles. The maximum absolute atomic E-state index is 13.0. The van der Waals surface area contributed by atoms with Crippen LogP contribution in [0.2, 0.25) is 0 Å². The molecule has 34 heavy (non-hydrogen) atoms. The third kappa shape index (κ3) is 5.58. The summed E-state index contributed by atoms with van der Waals surface area (Å²) in [6.45, 7) is 0.400. The molecular formula is C26H28N2O6. The van der Waals surface area contributed by atoms with Crippen molar-refractivity contribution in [1.82, 2.24) is 5.32 Å². The highest BCUT2D eigenvalue weighted by molar-refractivity contribution is 6.11. The highest BCUT2D eigenvalue weighted by Gasteiger charge is 2.20. The van der Waals surface area contributed by atoms with E-state index in [4.69, 9.17) is 18.9 Å². The molecule has 0 unspecified atom stereocenters. The minimum atomic E-state index is -0.445. The van der Waals surface area contributed by atoms with E-state index in [1.54, 1.807) is 56.7 Å². The molecule has 0 aromatic heterocycles. The van der Waals surface area contributed by atoms with E-state index in [1.165, 1.54) is 14.2 Å². The van der Waals surface area contributed by atoms with Crippen molar-refractivity contribution in [3.05, 3.63) is 77.4 Å². The Hall–Kier alpha value is -4.20. The van der Waals surface area contributed by atoms with E-state index in [-0.39, 0.29) is 11.5 Å². The molecule has 0 aliphatic carbocycles. The number of nitrogens with one attached hydrogen (secondary N) is 2. The predicted octanol–water partition coefficient (Wildman–Crippen LogP) is 3.95. The van der Waals surface area contributed by atoms with Gasteiger partial charge < -0.3 is 29.6 Å². The fourth-order valence-corrected chi connectivity index (χ4v) is 3.50. The molecular weight excluding hydrogens is 436 g/mol. The minimum Gasteiger partial charge on any atom is -0.496 e. The van der Waals surface area contributed by atoms with Crippen LogP contribution >= 0.6 is 0 Å². The van der Waals surface area contributed by atoms with Gasteiger partial charge in [0, 0.05) is 6.54 Å². The summed E-state index contributed by atoms with van der Waals surface area (Å²) < 4.78 is 21.2. The average Bonchev–Trinajstić information content (AvgIpc) is 2.88. The van der Waals surface area contributed by atoms with Crippen LogP contribution in [0.5, 0.6) is 23.0 Å². The van der Waals surface area contributed by atoms with Crippen LogP contribution < -0.4 is 29.6 Å². The van der Waals surface area contributed by atoms with E-state index >= 15 is 0 Å². The maximum Gasteiger partial charge on any atom is 0.263 e. The summed E-state index contributed by atoms with van der Waals surface area (Å²) in [7, 11) is 6.11. The Labute approximate surface area is 198 Å². The predicted molar refractivity (Wildman–Crippen MR) is 130 cm³/mol. The number of methoxy groups -OCH3 is 4.